The van der Waals surface area contributed by atoms with Gasteiger partial charge in [0.15, 0.2) is 0 Å². The monoisotopic (exact) mass is 180 g/mol. The van der Waals surface area contributed by atoms with Crippen LogP contribution in [0.25, 0.3) is 0 Å². The molecule has 0 aliphatic carbocycles. The molecule has 1 unspecified atom stereocenters. The number of allylic oxidation sites excluding steroid dienone is 4. The van der Waals surface area contributed by atoms with Gasteiger partial charge < -0.3 is 0 Å². The van der Waals surface area contributed by atoms with E-state index >= 15 is 0 Å². The second-order valence-electron chi connectivity index (χ2n) is 3.64. The third-order valence-corrected chi connectivity index (χ3v) is 2.23. The molecule has 0 heterocycles. The van der Waals surface area contributed by atoms with Crippen LogP contribution in [0.1, 0.15) is 53.4 Å². The molecule has 76 valence electrons. The highest BCUT2D eigenvalue weighted by Gasteiger charge is 1.99. The molecule has 13 heavy (non-hydrogen) atoms. The minimum Gasteiger partial charge on any atom is -0.0885 e. The van der Waals surface area contributed by atoms with Crippen molar-refractivity contribution in [1.82, 2.24) is 0 Å². The first-order valence-electron chi connectivity index (χ1n) is 5.59. The molecular weight excluding hydrogens is 156 g/mol. The molecule has 1 atom stereocenters. The third-order valence-electron chi connectivity index (χ3n) is 2.23. The summed E-state index contributed by atoms with van der Waals surface area (Å²) in [5.41, 5.74) is 1.61. The van der Waals surface area contributed by atoms with E-state index in [-0.39, 0.29) is 0 Å². The van der Waals surface area contributed by atoms with Gasteiger partial charge in [-0.25, -0.2) is 0 Å². The molecular formula is C13H24. The molecule has 0 saturated carbocycles. The van der Waals surface area contributed by atoms with Crippen LogP contribution in [0.4, 0.5) is 0 Å². The zero-order chi connectivity index (χ0) is 10.1. The zero-order valence-corrected chi connectivity index (χ0v) is 9.64. The van der Waals surface area contributed by atoms with Crippen LogP contribution in [0.15, 0.2) is 23.8 Å². The maximum Gasteiger partial charge on any atom is -0.0225 e. The van der Waals surface area contributed by atoms with Crippen molar-refractivity contribution in [2.45, 2.75) is 53.4 Å². The van der Waals surface area contributed by atoms with Gasteiger partial charge in [0, 0.05) is 0 Å². The van der Waals surface area contributed by atoms with Crippen LogP contribution in [0.5, 0.6) is 0 Å². The topological polar surface area (TPSA) is 0 Å². The minimum absolute atomic E-state index is 0.706. The standard InChI is InChI=1S/C13H24/c1-5-8-10-12(4)11-13(7-3)9-6-2/h8-10,12H,5-7,11H2,1-4H3. The Morgan fingerprint density at radius 1 is 1.15 bits per heavy atom. The van der Waals surface area contributed by atoms with Gasteiger partial charge in [0.2, 0.25) is 0 Å². The lowest BCUT2D eigenvalue weighted by molar-refractivity contribution is 0.693. The molecule has 0 fully saturated rings. The predicted octanol–water partition coefficient (Wildman–Crippen LogP) is 4.73. The number of hydrogen-bond donors (Lipinski definition) is 0. The van der Waals surface area contributed by atoms with Crippen molar-refractivity contribution in [3.63, 3.8) is 0 Å². The first-order valence-corrected chi connectivity index (χ1v) is 5.59. The molecule has 0 N–H and O–H groups in total. The Balaban J connectivity index is 3.93. The lowest BCUT2D eigenvalue weighted by Crippen LogP contribution is -1.92. The molecule has 0 heteroatoms. The smallest absolute Gasteiger partial charge is 0.0225 e. The fraction of sp³-hybridized carbons (Fsp3) is 0.692. The fourth-order valence-corrected chi connectivity index (χ4v) is 1.51. The lowest BCUT2D eigenvalue weighted by Gasteiger charge is -2.08. The summed E-state index contributed by atoms with van der Waals surface area (Å²) in [6, 6.07) is 0. The van der Waals surface area contributed by atoms with Crippen molar-refractivity contribution < 1.29 is 0 Å². The first kappa shape index (κ1) is 12.5. The fourth-order valence-electron chi connectivity index (χ4n) is 1.51. The summed E-state index contributed by atoms with van der Waals surface area (Å²) in [5, 5.41) is 0. The molecule has 0 bridgehead atoms. The molecule has 0 saturated heterocycles. The maximum atomic E-state index is 2.37. The van der Waals surface area contributed by atoms with E-state index in [9.17, 15) is 0 Å². The van der Waals surface area contributed by atoms with E-state index in [1.165, 1.54) is 19.3 Å². The molecule has 0 radical (unpaired) electrons. The summed E-state index contributed by atoms with van der Waals surface area (Å²) in [5.74, 6) is 0.706. The second-order valence-corrected chi connectivity index (χ2v) is 3.64. The van der Waals surface area contributed by atoms with E-state index in [1.807, 2.05) is 0 Å². The molecule has 0 aromatic heterocycles. The summed E-state index contributed by atoms with van der Waals surface area (Å²) >= 11 is 0. The average molecular weight is 180 g/mol. The highest BCUT2D eigenvalue weighted by atomic mass is 14.1. The Kier molecular flexibility index (Phi) is 7.77. The minimum atomic E-state index is 0.706. The quantitative estimate of drug-likeness (QED) is 0.519. The van der Waals surface area contributed by atoms with Crippen LogP contribution in [0.2, 0.25) is 0 Å². The Morgan fingerprint density at radius 3 is 2.31 bits per heavy atom. The van der Waals surface area contributed by atoms with Gasteiger partial charge in [-0.15, -0.1) is 0 Å². The van der Waals surface area contributed by atoms with E-state index in [0.717, 1.165) is 6.42 Å². The van der Waals surface area contributed by atoms with Crippen LogP contribution >= 0.6 is 0 Å². The van der Waals surface area contributed by atoms with Crippen LogP contribution in [0.3, 0.4) is 0 Å². The summed E-state index contributed by atoms with van der Waals surface area (Å²) in [6.45, 7) is 8.94. The van der Waals surface area contributed by atoms with E-state index in [4.69, 9.17) is 0 Å². The van der Waals surface area contributed by atoms with Crippen molar-refractivity contribution in [3.8, 4) is 0 Å². The normalized spacial score (nSPS) is 15.2. The van der Waals surface area contributed by atoms with Crippen molar-refractivity contribution in [2.75, 3.05) is 0 Å². The molecule has 0 rings (SSSR count). The molecule has 0 amide bonds. The van der Waals surface area contributed by atoms with Crippen molar-refractivity contribution in [1.29, 1.82) is 0 Å². The van der Waals surface area contributed by atoms with Gasteiger partial charge in [0.05, 0.1) is 0 Å². The largest absolute Gasteiger partial charge is 0.0885 e. The highest BCUT2D eigenvalue weighted by molar-refractivity contribution is 5.04. The zero-order valence-electron chi connectivity index (χ0n) is 9.64. The van der Waals surface area contributed by atoms with Gasteiger partial charge in [0.25, 0.3) is 0 Å². The lowest BCUT2D eigenvalue weighted by atomic mass is 9.98. The van der Waals surface area contributed by atoms with E-state index < -0.39 is 0 Å². The van der Waals surface area contributed by atoms with Crippen molar-refractivity contribution >= 4 is 0 Å². The van der Waals surface area contributed by atoms with E-state index in [0.29, 0.717) is 5.92 Å². The molecule has 0 aliphatic heterocycles. The average Bonchev–Trinajstić information content (AvgIpc) is 2.14. The van der Waals surface area contributed by atoms with Crippen LogP contribution in [0, 0.1) is 5.92 Å². The van der Waals surface area contributed by atoms with Crippen LogP contribution in [-0.2, 0) is 0 Å². The summed E-state index contributed by atoms with van der Waals surface area (Å²) in [4.78, 5) is 0. The third kappa shape index (κ3) is 6.62. The molecule has 0 aliphatic rings. The second kappa shape index (κ2) is 8.10. The molecule has 0 aromatic carbocycles. The van der Waals surface area contributed by atoms with Gasteiger partial charge in [-0.3, -0.25) is 0 Å². The summed E-state index contributed by atoms with van der Waals surface area (Å²) < 4.78 is 0. The summed E-state index contributed by atoms with van der Waals surface area (Å²) in [6.07, 6.45) is 11.7. The number of rotatable bonds is 6. The Labute approximate surface area is 83.7 Å². The Hall–Kier alpha value is -0.520. The molecule has 0 aromatic rings. The molecule has 0 spiro atoms. The maximum absolute atomic E-state index is 2.37. The number of hydrogen-bond acceptors (Lipinski definition) is 0. The Morgan fingerprint density at radius 2 is 1.85 bits per heavy atom. The van der Waals surface area contributed by atoms with Gasteiger partial charge in [-0.05, 0) is 31.6 Å². The van der Waals surface area contributed by atoms with Crippen molar-refractivity contribution in [3.05, 3.63) is 23.8 Å². The van der Waals surface area contributed by atoms with Crippen LogP contribution < -0.4 is 0 Å². The highest BCUT2D eigenvalue weighted by Crippen LogP contribution is 2.16. The predicted molar refractivity (Wildman–Crippen MR) is 61.9 cm³/mol. The van der Waals surface area contributed by atoms with Gasteiger partial charge in [-0.2, -0.15) is 0 Å². The van der Waals surface area contributed by atoms with E-state index in [1.54, 1.807) is 5.57 Å². The first-order chi connectivity index (χ1) is 6.24. The summed E-state index contributed by atoms with van der Waals surface area (Å²) in [7, 11) is 0. The van der Waals surface area contributed by atoms with Crippen LogP contribution in [-0.4, -0.2) is 0 Å². The van der Waals surface area contributed by atoms with Gasteiger partial charge >= 0.3 is 0 Å². The van der Waals surface area contributed by atoms with Gasteiger partial charge in [-0.1, -0.05) is 51.5 Å². The van der Waals surface area contributed by atoms with Crippen molar-refractivity contribution in [2.24, 2.45) is 5.92 Å². The molecule has 0 nitrogen and oxygen atoms in total. The SMILES string of the molecule is CCC=CC(C)CC(=CCC)CC. The Bertz CT molecular complexity index is 163. The van der Waals surface area contributed by atoms with Gasteiger partial charge in [0.1, 0.15) is 0 Å². The van der Waals surface area contributed by atoms with E-state index in [2.05, 4.69) is 45.9 Å².